The van der Waals surface area contributed by atoms with Gasteiger partial charge in [-0.2, -0.15) is 0 Å². The predicted octanol–water partition coefficient (Wildman–Crippen LogP) is 3.00. The van der Waals surface area contributed by atoms with Crippen LogP contribution in [-0.4, -0.2) is 111 Å². The number of ether oxygens (including phenoxy) is 3. The Morgan fingerprint density at radius 2 is 1.52 bits per heavy atom. The molecule has 6 aliphatic rings. The molecule has 16 atom stereocenters. The Hall–Kier alpha value is -0.400. The fourth-order valence-electron chi connectivity index (χ4n) is 13.8. The topological polar surface area (TPSA) is 169 Å². The van der Waals surface area contributed by atoms with E-state index in [1.807, 2.05) is 13.8 Å². The summed E-state index contributed by atoms with van der Waals surface area (Å²) in [6.45, 7) is 15.1. The maximum Gasteiger partial charge on any atom is 0.187 e. The molecule has 278 valence electrons. The maximum atomic E-state index is 11.4. The van der Waals surface area contributed by atoms with Gasteiger partial charge in [0, 0.05) is 12.5 Å². The Balaban J connectivity index is 1.27. The number of hydrogen-bond donors (Lipinski definition) is 7. The minimum Gasteiger partial charge on any atom is -0.396 e. The summed E-state index contributed by atoms with van der Waals surface area (Å²) >= 11 is 0. The third kappa shape index (κ3) is 5.32. The standard InChI is InChI=1S/C38H66O10/c1-33(2)24-10-13-37(7)25(9-8-21-27-28(34(3,4)45)22(42)18-38(27,20-41)15-14-36(21,37)6)35(24,5)12-11-26(33)48-32-31(46-17-16-39)30(44)29(43)23(19-40)47-32/h21-32,39-45H,8-20H2,1-7H3. The first-order valence-electron chi connectivity index (χ1n) is 18.9. The van der Waals surface area contributed by atoms with Crippen molar-refractivity contribution in [2.45, 2.75) is 155 Å². The molecule has 0 amide bonds. The van der Waals surface area contributed by atoms with Crippen molar-refractivity contribution < 1.29 is 50.0 Å². The van der Waals surface area contributed by atoms with Gasteiger partial charge in [0.2, 0.25) is 0 Å². The van der Waals surface area contributed by atoms with Crippen LogP contribution in [-0.2, 0) is 14.2 Å². The zero-order valence-corrected chi connectivity index (χ0v) is 30.5. The molecular weight excluding hydrogens is 616 g/mol. The SMILES string of the molecule is CC(C)(O)C1C(O)CC2(CO)CCC3(C)C(CCC4C5(C)CCC(OC6OC(CO)C(O)C(O)C6OCCO)C(C)(C)C5CCC43C)C12. The fourth-order valence-corrected chi connectivity index (χ4v) is 13.8. The van der Waals surface area contributed by atoms with Gasteiger partial charge in [-0.3, -0.25) is 0 Å². The molecule has 5 saturated carbocycles. The zero-order valence-electron chi connectivity index (χ0n) is 30.5. The molecule has 10 nitrogen and oxygen atoms in total. The molecule has 0 radical (unpaired) electrons. The van der Waals surface area contributed by atoms with Gasteiger partial charge in [0.1, 0.15) is 24.4 Å². The van der Waals surface area contributed by atoms with E-state index in [0.29, 0.717) is 24.2 Å². The maximum absolute atomic E-state index is 11.4. The van der Waals surface area contributed by atoms with Crippen LogP contribution in [0.25, 0.3) is 0 Å². The molecule has 6 fully saturated rings. The van der Waals surface area contributed by atoms with Crippen molar-refractivity contribution in [3.8, 4) is 0 Å². The monoisotopic (exact) mass is 682 g/mol. The highest BCUT2D eigenvalue weighted by atomic mass is 16.7. The van der Waals surface area contributed by atoms with Crippen LogP contribution >= 0.6 is 0 Å². The van der Waals surface area contributed by atoms with Gasteiger partial charge in [0.05, 0.1) is 37.6 Å². The molecular formula is C38H66O10. The van der Waals surface area contributed by atoms with E-state index in [4.69, 9.17) is 14.2 Å². The summed E-state index contributed by atoms with van der Waals surface area (Å²) in [5.74, 6) is 0.991. The quantitative estimate of drug-likeness (QED) is 0.189. The average Bonchev–Trinajstić information content (AvgIpc) is 3.33. The van der Waals surface area contributed by atoms with E-state index in [9.17, 15) is 35.7 Å². The van der Waals surface area contributed by atoms with Crippen LogP contribution in [0.2, 0.25) is 0 Å². The van der Waals surface area contributed by atoms with Crippen LogP contribution in [0.1, 0.15) is 106 Å². The number of fused-ring (bicyclic) bond motifs is 7. The molecule has 16 unspecified atom stereocenters. The summed E-state index contributed by atoms with van der Waals surface area (Å²) in [7, 11) is 0. The van der Waals surface area contributed by atoms with Crippen LogP contribution in [0.15, 0.2) is 0 Å². The molecule has 10 heteroatoms. The van der Waals surface area contributed by atoms with Crippen molar-refractivity contribution in [3.63, 3.8) is 0 Å². The Bertz CT molecular complexity index is 1160. The van der Waals surface area contributed by atoms with Gasteiger partial charge >= 0.3 is 0 Å². The van der Waals surface area contributed by atoms with Crippen molar-refractivity contribution in [3.05, 3.63) is 0 Å². The molecule has 1 heterocycles. The average molecular weight is 683 g/mol. The van der Waals surface area contributed by atoms with Gasteiger partial charge in [-0.15, -0.1) is 0 Å². The Kier molecular flexibility index (Phi) is 9.83. The van der Waals surface area contributed by atoms with Crippen LogP contribution in [0, 0.1) is 56.7 Å². The third-order valence-electron chi connectivity index (χ3n) is 16.2. The summed E-state index contributed by atoms with van der Waals surface area (Å²) in [5.41, 5.74) is -1.47. The minimum atomic E-state index is -1.33. The Morgan fingerprint density at radius 3 is 2.15 bits per heavy atom. The minimum absolute atomic E-state index is 0.0156. The second kappa shape index (κ2) is 12.6. The van der Waals surface area contributed by atoms with E-state index < -0.39 is 49.0 Å². The second-order valence-electron chi connectivity index (χ2n) is 18.9. The molecule has 0 spiro atoms. The van der Waals surface area contributed by atoms with E-state index in [0.717, 1.165) is 51.4 Å². The molecule has 6 rings (SSSR count). The highest BCUT2D eigenvalue weighted by Crippen LogP contribution is 2.77. The summed E-state index contributed by atoms with van der Waals surface area (Å²) < 4.78 is 18.5. The lowest BCUT2D eigenvalue weighted by atomic mass is 9.32. The van der Waals surface area contributed by atoms with Crippen molar-refractivity contribution >= 4 is 0 Å². The molecule has 1 aliphatic heterocycles. The molecule has 7 N–H and O–H groups in total. The highest BCUT2D eigenvalue weighted by molar-refractivity contribution is 5.21. The van der Waals surface area contributed by atoms with Gasteiger partial charge in [-0.05, 0) is 122 Å². The normalized spacial score (nSPS) is 53.4. The van der Waals surface area contributed by atoms with Crippen LogP contribution in [0.3, 0.4) is 0 Å². The number of aliphatic hydroxyl groups excluding tert-OH is 6. The molecule has 48 heavy (non-hydrogen) atoms. The summed E-state index contributed by atoms with van der Waals surface area (Å²) in [6.07, 6.45) is 2.02. The first-order valence-corrected chi connectivity index (χ1v) is 18.9. The molecule has 5 aliphatic carbocycles. The number of aliphatic hydroxyl groups is 7. The summed E-state index contributed by atoms with van der Waals surface area (Å²) in [5, 5.41) is 74.4. The molecule has 0 aromatic rings. The predicted molar refractivity (Wildman–Crippen MR) is 178 cm³/mol. The van der Waals surface area contributed by atoms with Crippen molar-refractivity contribution in [1.82, 2.24) is 0 Å². The summed E-state index contributed by atoms with van der Waals surface area (Å²) in [6, 6.07) is 0. The van der Waals surface area contributed by atoms with E-state index in [-0.39, 0.29) is 64.8 Å². The van der Waals surface area contributed by atoms with Gasteiger partial charge in [-0.1, -0.05) is 34.6 Å². The molecule has 0 aromatic carbocycles. The first-order chi connectivity index (χ1) is 22.4. The van der Waals surface area contributed by atoms with E-state index in [1.54, 1.807) is 0 Å². The molecule has 1 saturated heterocycles. The molecule has 0 aromatic heterocycles. The lowest BCUT2D eigenvalue weighted by Gasteiger charge is -2.73. The first kappa shape index (κ1) is 37.4. The van der Waals surface area contributed by atoms with E-state index >= 15 is 0 Å². The van der Waals surface area contributed by atoms with Crippen LogP contribution in [0.4, 0.5) is 0 Å². The highest BCUT2D eigenvalue weighted by Gasteiger charge is 2.72. The van der Waals surface area contributed by atoms with Gasteiger partial charge in [0.15, 0.2) is 6.29 Å². The van der Waals surface area contributed by atoms with Crippen LogP contribution < -0.4 is 0 Å². The van der Waals surface area contributed by atoms with Crippen molar-refractivity contribution in [2.24, 2.45) is 56.7 Å². The van der Waals surface area contributed by atoms with Gasteiger partial charge in [-0.25, -0.2) is 0 Å². The lowest BCUT2D eigenvalue weighted by molar-refractivity contribution is -0.338. The third-order valence-corrected chi connectivity index (χ3v) is 16.2. The van der Waals surface area contributed by atoms with Gasteiger partial charge < -0.3 is 50.0 Å². The fraction of sp³-hybridized carbons (Fsp3) is 1.00. The van der Waals surface area contributed by atoms with Crippen molar-refractivity contribution in [2.75, 3.05) is 26.4 Å². The number of hydrogen-bond acceptors (Lipinski definition) is 10. The Morgan fingerprint density at radius 1 is 0.812 bits per heavy atom. The lowest BCUT2D eigenvalue weighted by Crippen LogP contribution is -2.68. The Labute approximate surface area is 287 Å². The smallest absolute Gasteiger partial charge is 0.187 e. The zero-order chi connectivity index (χ0) is 35.2. The van der Waals surface area contributed by atoms with Gasteiger partial charge in [0.25, 0.3) is 0 Å². The second-order valence-corrected chi connectivity index (χ2v) is 18.9. The van der Waals surface area contributed by atoms with Crippen molar-refractivity contribution in [1.29, 1.82) is 0 Å². The van der Waals surface area contributed by atoms with E-state index in [2.05, 4.69) is 34.6 Å². The van der Waals surface area contributed by atoms with Crippen LogP contribution in [0.5, 0.6) is 0 Å². The van der Waals surface area contributed by atoms with E-state index in [1.165, 1.54) is 0 Å². The molecule has 0 bridgehead atoms. The summed E-state index contributed by atoms with van der Waals surface area (Å²) in [4.78, 5) is 0. The number of rotatable bonds is 8. The largest absolute Gasteiger partial charge is 0.396 e.